The number of nitrogen functional groups attached to an aromatic ring is 1. The number of rotatable bonds is 4. The van der Waals surface area contributed by atoms with Crippen molar-refractivity contribution in [2.45, 2.75) is 32.7 Å². The molecule has 0 aliphatic rings. The van der Waals surface area contributed by atoms with Crippen molar-refractivity contribution in [2.75, 3.05) is 17.7 Å². The third-order valence-corrected chi connectivity index (χ3v) is 3.19. The van der Waals surface area contributed by atoms with E-state index in [1.165, 1.54) is 0 Å². The van der Waals surface area contributed by atoms with Crippen LogP contribution < -0.4 is 10.6 Å². The van der Waals surface area contributed by atoms with E-state index in [1.54, 1.807) is 0 Å². The molecule has 0 unspecified atom stereocenters. The molecule has 0 aliphatic carbocycles. The molecular weight excluding hydrogens is 214 g/mol. The Morgan fingerprint density at radius 3 is 2.71 bits per heavy atom. The number of fused-ring (bicyclic) bond motifs is 1. The van der Waals surface area contributed by atoms with Crippen LogP contribution in [0.5, 0.6) is 0 Å². The third-order valence-electron chi connectivity index (χ3n) is 3.19. The zero-order valence-corrected chi connectivity index (χ0v) is 10.6. The van der Waals surface area contributed by atoms with Crippen molar-refractivity contribution in [3.05, 3.63) is 18.2 Å². The Morgan fingerprint density at radius 2 is 2.06 bits per heavy atom. The molecular formula is C13H19N3O. The summed E-state index contributed by atoms with van der Waals surface area (Å²) in [5.41, 5.74) is 8.04. The summed E-state index contributed by atoms with van der Waals surface area (Å²) < 4.78 is 5.73. The zero-order valence-electron chi connectivity index (χ0n) is 10.6. The lowest BCUT2D eigenvalue weighted by Gasteiger charge is -2.24. The van der Waals surface area contributed by atoms with Crippen LogP contribution in [0.4, 0.5) is 11.7 Å². The van der Waals surface area contributed by atoms with E-state index in [0.29, 0.717) is 17.7 Å². The molecule has 17 heavy (non-hydrogen) atoms. The molecule has 4 heteroatoms. The molecule has 1 aromatic heterocycles. The highest BCUT2D eigenvalue weighted by atomic mass is 16.4. The van der Waals surface area contributed by atoms with E-state index in [2.05, 4.69) is 23.7 Å². The second-order valence-corrected chi connectivity index (χ2v) is 4.30. The molecule has 0 aliphatic heterocycles. The van der Waals surface area contributed by atoms with Gasteiger partial charge in [0.05, 0.1) is 0 Å². The summed E-state index contributed by atoms with van der Waals surface area (Å²) in [6.07, 6.45) is 2.15. The number of aromatic nitrogens is 1. The van der Waals surface area contributed by atoms with Crippen molar-refractivity contribution in [3.8, 4) is 0 Å². The Balaban J connectivity index is 2.35. The summed E-state index contributed by atoms with van der Waals surface area (Å²) in [5.74, 6) is 0. The average Bonchev–Trinajstić information content (AvgIpc) is 2.73. The molecule has 1 heterocycles. The second-order valence-electron chi connectivity index (χ2n) is 4.30. The highest BCUT2D eigenvalue weighted by Gasteiger charge is 2.16. The van der Waals surface area contributed by atoms with Gasteiger partial charge in [-0.3, -0.25) is 0 Å². The molecule has 1 aromatic carbocycles. The summed E-state index contributed by atoms with van der Waals surface area (Å²) in [7, 11) is 2.02. The van der Waals surface area contributed by atoms with E-state index < -0.39 is 0 Å². The van der Waals surface area contributed by atoms with Crippen molar-refractivity contribution in [1.82, 2.24) is 4.98 Å². The predicted octanol–water partition coefficient (Wildman–Crippen LogP) is 3.03. The van der Waals surface area contributed by atoms with Crippen LogP contribution in [0.3, 0.4) is 0 Å². The highest BCUT2D eigenvalue weighted by molar-refractivity contribution is 5.78. The fraction of sp³-hybridized carbons (Fsp3) is 0.462. The molecule has 0 fully saturated rings. The second kappa shape index (κ2) is 4.65. The lowest BCUT2D eigenvalue weighted by Crippen LogP contribution is -2.30. The number of hydrogen-bond acceptors (Lipinski definition) is 4. The maximum absolute atomic E-state index is 5.73. The predicted molar refractivity (Wildman–Crippen MR) is 71.2 cm³/mol. The number of hydrogen-bond donors (Lipinski definition) is 1. The van der Waals surface area contributed by atoms with Crippen molar-refractivity contribution in [2.24, 2.45) is 0 Å². The van der Waals surface area contributed by atoms with Gasteiger partial charge in [-0.15, -0.1) is 0 Å². The van der Waals surface area contributed by atoms with Gasteiger partial charge in [-0.2, -0.15) is 4.98 Å². The van der Waals surface area contributed by atoms with Gasteiger partial charge in [-0.25, -0.2) is 0 Å². The van der Waals surface area contributed by atoms with E-state index in [0.717, 1.165) is 23.9 Å². The van der Waals surface area contributed by atoms with Crippen LogP contribution in [0.1, 0.15) is 26.7 Å². The molecule has 2 aromatic rings. The van der Waals surface area contributed by atoms with E-state index in [9.17, 15) is 0 Å². The van der Waals surface area contributed by atoms with Gasteiger partial charge >= 0.3 is 0 Å². The van der Waals surface area contributed by atoms with Crippen LogP contribution in [0, 0.1) is 0 Å². The lowest BCUT2D eigenvalue weighted by molar-refractivity contribution is 0.515. The van der Waals surface area contributed by atoms with Gasteiger partial charge in [0.15, 0.2) is 5.58 Å². The number of nitrogens with two attached hydrogens (primary N) is 1. The van der Waals surface area contributed by atoms with Gasteiger partial charge < -0.3 is 15.1 Å². The molecule has 2 N–H and O–H groups in total. The van der Waals surface area contributed by atoms with Crippen LogP contribution in [0.15, 0.2) is 22.6 Å². The summed E-state index contributed by atoms with van der Waals surface area (Å²) in [6, 6.07) is 6.65. The highest BCUT2D eigenvalue weighted by Crippen LogP contribution is 2.25. The van der Waals surface area contributed by atoms with Gasteiger partial charge in [0.2, 0.25) is 0 Å². The molecule has 0 saturated carbocycles. The quantitative estimate of drug-likeness (QED) is 0.825. The third kappa shape index (κ3) is 2.20. The number of anilines is 2. The van der Waals surface area contributed by atoms with Crippen LogP contribution in [-0.4, -0.2) is 18.1 Å². The molecule has 0 bridgehead atoms. The Kier molecular flexibility index (Phi) is 3.22. The molecule has 92 valence electrons. The van der Waals surface area contributed by atoms with Gasteiger partial charge in [-0.05, 0) is 31.0 Å². The fourth-order valence-electron chi connectivity index (χ4n) is 2.08. The summed E-state index contributed by atoms with van der Waals surface area (Å²) >= 11 is 0. The Morgan fingerprint density at radius 1 is 1.35 bits per heavy atom. The molecule has 4 nitrogen and oxygen atoms in total. The SMILES string of the molecule is CCC(CC)N(C)c1nc2cc(N)ccc2o1. The summed E-state index contributed by atoms with van der Waals surface area (Å²) in [4.78, 5) is 6.56. The standard InChI is InChI=1S/C13H19N3O/c1-4-10(5-2)16(3)13-15-11-8-9(14)6-7-12(11)17-13/h6-8,10H,4-5,14H2,1-3H3. The molecule has 0 spiro atoms. The van der Waals surface area contributed by atoms with Gasteiger partial charge in [0.25, 0.3) is 6.01 Å². The van der Waals surface area contributed by atoms with Crippen molar-refractivity contribution in [3.63, 3.8) is 0 Å². The molecule has 0 saturated heterocycles. The van der Waals surface area contributed by atoms with Crippen molar-refractivity contribution >= 4 is 22.8 Å². The van der Waals surface area contributed by atoms with Gasteiger partial charge in [0, 0.05) is 18.8 Å². The molecule has 0 amide bonds. The number of nitrogens with zero attached hydrogens (tertiary/aromatic N) is 2. The van der Waals surface area contributed by atoms with Crippen LogP contribution >= 0.6 is 0 Å². The van der Waals surface area contributed by atoms with Crippen LogP contribution in [0.2, 0.25) is 0 Å². The van der Waals surface area contributed by atoms with Crippen LogP contribution in [-0.2, 0) is 0 Å². The molecule has 0 atom stereocenters. The molecule has 0 radical (unpaired) electrons. The first-order valence-electron chi connectivity index (χ1n) is 6.04. The maximum Gasteiger partial charge on any atom is 0.298 e. The normalized spacial score (nSPS) is 11.3. The van der Waals surface area contributed by atoms with Gasteiger partial charge in [0.1, 0.15) is 5.52 Å². The van der Waals surface area contributed by atoms with E-state index in [1.807, 2.05) is 25.2 Å². The van der Waals surface area contributed by atoms with Crippen molar-refractivity contribution < 1.29 is 4.42 Å². The monoisotopic (exact) mass is 233 g/mol. The minimum absolute atomic E-state index is 0.459. The average molecular weight is 233 g/mol. The first-order chi connectivity index (χ1) is 8.15. The zero-order chi connectivity index (χ0) is 12.4. The fourth-order valence-corrected chi connectivity index (χ4v) is 2.08. The molecule has 2 rings (SSSR count). The lowest BCUT2D eigenvalue weighted by atomic mass is 10.1. The summed E-state index contributed by atoms with van der Waals surface area (Å²) in [6.45, 7) is 4.34. The smallest absolute Gasteiger partial charge is 0.298 e. The van der Waals surface area contributed by atoms with Crippen molar-refractivity contribution in [1.29, 1.82) is 0 Å². The Hall–Kier alpha value is -1.71. The van der Waals surface area contributed by atoms with Crippen LogP contribution in [0.25, 0.3) is 11.1 Å². The first-order valence-corrected chi connectivity index (χ1v) is 6.04. The van der Waals surface area contributed by atoms with E-state index in [-0.39, 0.29) is 0 Å². The Labute approximate surface area is 101 Å². The maximum atomic E-state index is 5.73. The number of oxazole rings is 1. The minimum Gasteiger partial charge on any atom is -0.423 e. The van der Waals surface area contributed by atoms with E-state index in [4.69, 9.17) is 10.2 Å². The summed E-state index contributed by atoms with van der Waals surface area (Å²) in [5, 5.41) is 0. The number of benzene rings is 1. The first kappa shape index (κ1) is 11.8. The Bertz CT molecular complexity index is 502. The van der Waals surface area contributed by atoms with Gasteiger partial charge in [-0.1, -0.05) is 13.8 Å². The van der Waals surface area contributed by atoms with E-state index >= 15 is 0 Å². The largest absolute Gasteiger partial charge is 0.423 e. The minimum atomic E-state index is 0.459. The topological polar surface area (TPSA) is 55.3 Å².